The predicted octanol–water partition coefficient (Wildman–Crippen LogP) is -0.268. The summed E-state index contributed by atoms with van der Waals surface area (Å²) in [5.74, 6) is -0.0414. The van der Waals surface area contributed by atoms with Gasteiger partial charge in [-0.25, -0.2) is 0 Å². The molecule has 0 amide bonds. The summed E-state index contributed by atoms with van der Waals surface area (Å²) in [5.41, 5.74) is 5.35. The summed E-state index contributed by atoms with van der Waals surface area (Å²) in [6.07, 6.45) is 0. The number of nitrogens with two attached hydrogens (primary N) is 1. The number of hydrogen-bond donors (Lipinski definition) is 2. The predicted molar refractivity (Wildman–Crippen MR) is 52.2 cm³/mol. The SMILES string of the molecule is N[C@@H](CN1CCSC1=S)C(=O)O. The quantitative estimate of drug-likeness (QED) is 0.620. The Morgan fingerprint density at radius 2 is 2.58 bits per heavy atom. The molecule has 0 aromatic carbocycles. The van der Waals surface area contributed by atoms with Gasteiger partial charge in [0.15, 0.2) is 0 Å². The molecule has 0 radical (unpaired) electrons. The van der Waals surface area contributed by atoms with Gasteiger partial charge in [-0.15, -0.1) is 0 Å². The van der Waals surface area contributed by atoms with E-state index in [9.17, 15) is 4.79 Å². The smallest absolute Gasteiger partial charge is 0.322 e. The number of carboxylic acid groups (broad SMARTS) is 1. The summed E-state index contributed by atoms with van der Waals surface area (Å²) in [7, 11) is 0. The van der Waals surface area contributed by atoms with Gasteiger partial charge in [-0.05, 0) is 0 Å². The Bertz CT molecular complexity index is 210. The molecule has 1 rings (SSSR count). The molecule has 1 aliphatic heterocycles. The molecule has 1 atom stereocenters. The number of nitrogens with zero attached hydrogens (tertiary/aromatic N) is 1. The minimum absolute atomic E-state index is 0.321. The lowest BCUT2D eigenvalue weighted by molar-refractivity contribution is -0.138. The molecule has 0 spiro atoms. The van der Waals surface area contributed by atoms with Gasteiger partial charge in [0.25, 0.3) is 0 Å². The van der Waals surface area contributed by atoms with Gasteiger partial charge in [0.05, 0.1) is 0 Å². The van der Waals surface area contributed by atoms with E-state index in [1.807, 2.05) is 4.90 Å². The zero-order chi connectivity index (χ0) is 9.14. The van der Waals surface area contributed by atoms with E-state index >= 15 is 0 Å². The van der Waals surface area contributed by atoms with Crippen LogP contribution in [-0.2, 0) is 4.79 Å². The Balaban J connectivity index is 2.40. The first-order valence-corrected chi connectivity index (χ1v) is 4.90. The molecule has 0 saturated carbocycles. The molecule has 0 aliphatic carbocycles. The van der Waals surface area contributed by atoms with Gasteiger partial charge in [0.2, 0.25) is 0 Å². The van der Waals surface area contributed by atoms with Crippen LogP contribution in [0.3, 0.4) is 0 Å². The van der Waals surface area contributed by atoms with Gasteiger partial charge in [0.1, 0.15) is 10.4 Å². The number of thiocarbonyl (C=S) groups is 1. The van der Waals surface area contributed by atoms with Crippen molar-refractivity contribution in [1.82, 2.24) is 4.90 Å². The number of aliphatic carboxylic acids is 1. The Morgan fingerprint density at radius 3 is 3.00 bits per heavy atom. The Morgan fingerprint density at radius 1 is 1.92 bits per heavy atom. The van der Waals surface area contributed by atoms with Crippen molar-refractivity contribution in [1.29, 1.82) is 0 Å². The van der Waals surface area contributed by atoms with E-state index in [-0.39, 0.29) is 0 Å². The fourth-order valence-electron chi connectivity index (χ4n) is 0.907. The van der Waals surface area contributed by atoms with Crippen LogP contribution in [0.15, 0.2) is 0 Å². The van der Waals surface area contributed by atoms with Crippen LogP contribution in [0.5, 0.6) is 0 Å². The maximum absolute atomic E-state index is 10.4. The average Bonchev–Trinajstić information content (AvgIpc) is 2.36. The van der Waals surface area contributed by atoms with Crippen LogP contribution >= 0.6 is 24.0 Å². The second-order valence-electron chi connectivity index (χ2n) is 2.51. The second kappa shape index (κ2) is 4.06. The topological polar surface area (TPSA) is 66.6 Å². The van der Waals surface area contributed by atoms with Crippen LogP contribution in [0.2, 0.25) is 0 Å². The Hall–Kier alpha value is -0.330. The van der Waals surface area contributed by atoms with Crippen molar-refractivity contribution in [3.8, 4) is 0 Å². The molecule has 3 N–H and O–H groups in total. The summed E-state index contributed by atoms with van der Waals surface area (Å²) in [5, 5.41) is 8.53. The molecule has 1 fully saturated rings. The number of carbonyl (C=O) groups is 1. The zero-order valence-corrected chi connectivity index (χ0v) is 8.03. The fourth-order valence-corrected chi connectivity index (χ4v) is 2.16. The fraction of sp³-hybridized carbons (Fsp3) is 0.667. The van der Waals surface area contributed by atoms with E-state index < -0.39 is 12.0 Å². The molecule has 1 saturated heterocycles. The molecule has 0 aromatic heterocycles. The van der Waals surface area contributed by atoms with Gasteiger partial charge in [-0.1, -0.05) is 24.0 Å². The van der Waals surface area contributed by atoms with E-state index in [4.69, 9.17) is 23.1 Å². The Labute approximate surface area is 80.1 Å². The summed E-state index contributed by atoms with van der Waals surface area (Å²) in [6, 6.07) is -0.832. The normalized spacial score (nSPS) is 19.8. The van der Waals surface area contributed by atoms with Crippen molar-refractivity contribution >= 4 is 34.3 Å². The molecule has 6 heteroatoms. The van der Waals surface area contributed by atoms with Crippen LogP contribution in [-0.4, -0.2) is 45.2 Å². The highest BCUT2D eigenvalue weighted by molar-refractivity contribution is 8.23. The lowest BCUT2D eigenvalue weighted by Crippen LogP contribution is -2.42. The van der Waals surface area contributed by atoms with Gasteiger partial charge in [-0.2, -0.15) is 0 Å². The minimum Gasteiger partial charge on any atom is -0.480 e. The average molecular weight is 206 g/mol. The van der Waals surface area contributed by atoms with E-state index in [1.165, 1.54) is 0 Å². The van der Waals surface area contributed by atoms with Crippen LogP contribution in [0.4, 0.5) is 0 Å². The highest BCUT2D eigenvalue weighted by Gasteiger charge is 2.22. The molecular weight excluding hydrogens is 196 g/mol. The Kier molecular flexibility index (Phi) is 3.30. The van der Waals surface area contributed by atoms with Gasteiger partial charge in [-0.3, -0.25) is 4.79 Å². The highest BCUT2D eigenvalue weighted by atomic mass is 32.2. The van der Waals surface area contributed by atoms with E-state index in [0.29, 0.717) is 6.54 Å². The minimum atomic E-state index is -0.977. The third kappa shape index (κ3) is 2.33. The summed E-state index contributed by atoms with van der Waals surface area (Å²) in [6.45, 7) is 1.13. The van der Waals surface area contributed by atoms with E-state index in [0.717, 1.165) is 16.6 Å². The van der Waals surface area contributed by atoms with Crippen molar-refractivity contribution in [2.75, 3.05) is 18.8 Å². The molecule has 0 bridgehead atoms. The van der Waals surface area contributed by atoms with Crippen LogP contribution < -0.4 is 5.73 Å². The van der Waals surface area contributed by atoms with Gasteiger partial charge in [0, 0.05) is 18.8 Å². The zero-order valence-electron chi connectivity index (χ0n) is 6.40. The number of hydrogen-bond acceptors (Lipinski definition) is 4. The van der Waals surface area contributed by atoms with Gasteiger partial charge >= 0.3 is 5.97 Å². The highest BCUT2D eigenvalue weighted by Crippen LogP contribution is 2.17. The number of carboxylic acids is 1. The standard InChI is InChI=1S/C6H10N2O2S2/c7-4(5(9)10)3-8-1-2-12-6(8)11/h4H,1-3,7H2,(H,9,10)/t4-/m0/s1. The maximum Gasteiger partial charge on any atom is 0.322 e. The first-order chi connectivity index (χ1) is 5.61. The summed E-state index contributed by atoms with van der Waals surface area (Å²) < 4.78 is 0.756. The maximum atomic E-state index is 10.4. The molecule has 4 nitrogen and oxygen atoms in total. The lowest BCUT2D eigenvalue weighted by atomic mass is 10.3. The molecular formula is C6H10N2O2S2. The molecule has 1 aliphatic rings. The van der Waals surface area contributed by atoms with Crippen molar-refractivity contribution in [3.63, 3.8) is 0 Å². The molecule has 0 aromatic rings. The lowest BCUT2D eigenvalue weighted by Gasteiger charge is -2.18. The molecule has 68 valence electrons. The first-order valence-electron chi connectivity index (χ1n) is 3.51. The largest absolute Gasteiger partial charge is 0.480 e. The van der Waals surface area contributed by atoms with Crippen molar-refractivity contribution in [2.45, 2.75) is 6.04 Å². The van der Waals surface area contributed by atoms with Crippen molar-refractivity contribution < 1.29 is 9.90 Å². The monoisotopic (exact) mass is 206 g/mol. The molecule has 0 unspecified atom stereocenters. The van der Waals surface area contributed by atoms with Crippen molar-refractivity contribution in [3.05, 3.63) is 0 Å². The van der Waals surface area contributed by atoms with Crippen LogP contribution in [0.25, 0.3) is 0 Å². The summed E-state index contributed by atoms with van der Waals surface area (Å²) >= 11 is 6.55. The third-order valence-electron chi connectivity index (χ3n) is 1.58. The van der Waals surface area contributed by atoms with Gasteiger partial charge < -0.3 is 15.7 Å². The first kappa shape index (κ1) is 9.76. The van der Waals surface area contributed by atoms with Crippen LogP contribution in [0, 0.1) is 0 Å². The number of rotatable bonds is 3. The molecule has 1 heterocycles. The molecule has 12 heavy (non-hydrogen) atoms. The van der Waals surface area contributed by atoms with E-state index in [2.05, 4.69) is 0 Å². The third-order valence-corrected chi connectivity index (χ3v) is 3.08. The second-order valence-corrected chi connectivity index (χ2v) is 4.23. The van der Waals surface area contributed by atoms with E-state index in [1.54, 1.807) is 11.8 Å². The van der Waals surface area contributed by atoms with Crippen molar-refractivity contribution in [2.24, 2.45) is 5.73 Å². The number of thioether (sulfide) groups is 1. The van der Waals surface area contributed by atoms with Crippen LogP contribution in [0.1, 0.15) is 0 Å². The summed E-state index contributed by atoms with van der Waals surface area (Å²) in [4.78, 5) is 12.2.